The number of anilines is 1. The molecule has 3 aromatic carbocycles. The van der Waals surface area contributed by atoms with Crippen molar-refractivity contribution >= 4 is 17.6 Å². The summed E-state index contributed by atoms with van der Waals surface area (Å²) in [5.41, 5.74) is 6.24. The third kappa shape index (κ3) is 8.95. The molecule has 1 aliphatic heterocycles. The van der Waals surface area contributed by atoms with E-state index in [0.29, 0.717) is 29.1 Å². The van der Waals surface area contributed by atoms with Crippen LogP contribution in [0.1, 0.15) is 92.0 Å². The number of rotatable bonds is 11. The molecule has 8 nitrogen and oxygen atoms in total. The second-order valence-electron chi connectivity index (χ2n) is 15.2. The van der Waals surface area contributed by atoms with Gasteiger partial charge in [0.2, 0.25) is 0 Å². The Morgan fingerprint density at radius 3 is 2.04 bits per heavy atom. The molecule has 1 aliphatic rings. The highest BCUT2D eigenvalue weighted by Crippen LogP contribution is 2.45. The maximum absolute atomic E-state index is 14.0. The van der Waals surface area contributed by atoms with Gasteiger partial charge in [-0.1, -0.05) is 62.4 Å². The summed E-state index contributed by atoms with van der Waals surface area (Å²) in [6, 6.07) is 21.3. The van der Waals surface area contributed by atoms with Gasteiger partial charge >= 0.3 is 5.97 Å². The minimum atomic E-state index is -1.21. The second-order valence-corrected chi connectivity index (χ2v) is 15.2. The Labute approximate surface area is 301 Å². The van der Waals surface area contributed by atoms with E-state index in [-0.39, 0.29) is 23.7 Å². The van der Waals surface area contributed by atoms with Crippen molar-refractivity contribution in [2.75, 3.05) is 25.1 Å². The molecule has 9 heteroatoms. The zero-order valence-corrected chi connectivity index (χ0v) is 31.0. The molecule has 0 bridgehead atoms. The lowest BCUT2D eigenvalue weighted by Crippen LogP contribution is -2.39. The van der Waals surface area contributed by atoms with Gasteiger partial charge in [0, 0.05) is 48.7 Å². The van der Waals surface area contributed by atoms with Gasteiger partial charge in [0.05, 0.1) is 24.0 Å². The molecule has 1 fully saturated rings. The molecule has 1 aromatic heterocycles. The maximum Gasteiger partial charge on any atom is 0.337 e. The highest BCUT2D eigenvalue weighted by molar-refractivity contribution is 5.97. The number of carboxylic acid groups (broad SMARTS) is 1. The highest BCUT2D eigenvalue weighted by atomic mass is 19.1. The second kappa shape index (κ2) is 15.2. The minimum Gasteiger partial charge on any atom is -0.496 e. The standard InChI is InChI=1S/C42H50FN3O5/c1-27-35(37(45-23-21-42(6,7)22-24-45)36(28(2)44-27)38(40(48)49)51-41(3,4)5)31-17-13-29(14-18-31)25-46(26-30-15-19-32(43)20-16-30)39(47)33-11-9-10-12-34(33)50-8/h9-20,38H,21-26H2,1-8H3,(H,48,49). The number of hydrogen-bond acceptors (Lipinski definition) is 6. The first-order valence-corrected chi connectivity index (χ1v) is 17.5. The van der Waals surface area contributed by atoms with Crippen LogP contribution in [0.3, 0.4) is 0 Å². The Balaban J connectivity index is 1.57. The number of benzene rings is 3. The number of aliphatic carboxylic acids is 1. The summed E-state index contributed by atoms with van der Waals surface area (Å²) < 4.78 is 25.5. The summed E-state index contributed by atoms with van der Waals surface area (Å²) in [4.78, 5) is 35.8. The van der Waals surface area contributed by atoms with Gasteiger partial charge in [0.15, 0.2) is 6.10 Å². The van der Waals surface area contributed by atoms with Crippen molar-refractivity contribution in [1.29, 1.82) is 0 Å². The van der Waals surface area contributed by atoms with Crippen LogP contribution >= 0.6 is 0 Å². The average Bonchev–Trinajstić information content (AvgIpc) is 3.07. The fourth-order valence-corrected chi connectivity index (χ4v) is 6.75. The topological polar surface area (TPSA) is 92.2 Å². The van der Waals surface area contributed by atoms with Gasteiger partial charge in [-0.25, -0.2) is 9.18 Å². The maximum atomic E-state index is 14.0. The van der Waals surface area contributed by atoms with Crippen molar-refractivity contribution in [3.63, 3.8) is 0 Å². The van der Waals surface area contributed by atoms with Gasteiger partial charge in [0.25, 0.3) is 5.91 Å². The summed E-state index contributed by atoms with van der Waals surface area (Å²) in [6.07, 6.45) is 0.725. The van der Waals surface area contributed by atoms with Crippen LogP contribution in [0.4, 0.5) is 10.1 Å². The first-order valence-electron chi connectivity index (χ1n) is 17.5. The van der Waals surface area contributed by atoms with E-state index in [1.807, 2.05) is 65.0 Å². The van der Waals surface area contributed by atoms with E-state index >= 15 is 0 Å². The van der Waals surface area contributed by atoms with Crippen LogP contribution in [0.2, 0.25) is 0 Å². The first kappa shape index (κ1) is 37.5. The van der Waals surface area contributed by atoms with Crippen LogP contribution < -0.4 is 9.64 Å². The smallest absolute Gasteiger partial charge is 0.337 e. The average molecular weight is 696 g/mol. The van der Waals surface area contributed by atoms with Crippen LogP contribution in [0.15, 0.2) is 72.8 Å². The lowest BCUT2D eigenvalue weighted by molar-refractivity contribution is -0.160. The molecule has 270 valence electrons. The van der Waals surface area contributed by atoms with E-state index in [2.05, 4.69) is 18.7 Å². The van der Waals surface area contributed by atoms with Crippen molar-refractivity contribution in [3.05, 3.63) is 112 Å². The summed E-state index contributed by atoms with van der Waals surface area (Å²) in [5.74, 6) is -1.13. The van der Waals surface area contributed by atoms with Gasteiger partial charge in [-0.15, -0.1) is 0 Å². The number of aromatic nitrogens is 1. The Bertz CT molecular complexity index is 1860. The van der Waals surface area contributed by atoms with Gasteiger partial charge in [-0.2, -0.15) is 0 Å². The predicted octanol–water partition coefficient (Wildman–Crippen LogP) is 8.92. The van der Waals surface area contributed by atoms with E-state index in [0.717, 1.165) is 59.6 Å². The summed E-state index contributed by atoms with van der Waals surface area (Å²) in [6.45, 7) is 16.1. The van der Waals surface area contributed by atoms with Crippen LogP contribution in [0.5, 0.6) is 5.75 Å². The lowest BCUT2D eigenvalue weighted by Gasteiger charge is -2.41. The SMILES string of the molecule is COc1ccccc1C(=O)N(Cc1ccc(F)cc1)Cc1ccc(-c2c(C)nc(C)c(C(OC(C)(C)C)C(=O)O)c2N2CCC(C)(C)CC2)cc1. The number of carboxylic acids is 1. The van der Waals surface area contributed by atoms with Gasteiger partial charge in [-0.05, 0) is 93.8 Å². The monoisotopic (exact) mass is 695 g/mol. The molecule has 1 N–H and O–H groups in total. The normalized spacial score (nSPS) is 15.0. The third-order valence-electron chi connectivity index (χ3n) is 9.50. The third-order valence-corrected chi connectivity index (χ3v) is 9.50. The Morgan fingerprint density at radius 1 is 0.922 bits per heavy atom. The largest absolute Gasteiger partial charge is 0.496 e. The van der Waals surface area contributed by atoms with Crippen molar-refractivity contribution < 1.29 is 28.6 Å². The summed E-state index contributed by atoms with van der Waals surface area (Å²) in [5, 5.41) is 10.5. The van der Waals surface area contributed by atoms with E-state index in [1.54, 1.807) is 35.2 Å². The van der Waals surface area contributed by atoms with Crippen LogP contribution in [-0.2, 0) is 22.6 Å². The van der Waals surface area contributed by atoms with Crippen molar-refractivity contribution in [2.24, 2.45) is 5.41 Å². The number of pyridine rings is 1. The van der Waals surface area contributed by atoms with E-state index < -0.39 is 17.7 Å². The number of carbonyl (C=O) groups is 2. The number of nitrogens with zero attached hydrogens (tertiary/aromatic N) is 3. The number of hydrogen-bond donors (Lipinski definition) is 1. The quantitative estimate of drug-likeness (QED) is 0.168. The molecule has 0 spiro atoms. The van der Waals surface area contributed by atoms with E-state index in [1.165, 1.54) is 19.2 Å². The van der Waals surface area contributed by atoms with Crippen molar-refractivity contribution in [3.8, 4) is 16.9 Å². The predicted molar refractivity (Wildman–Crippen MR) is 199 cm³/mol. The van der Waals surface area contributed by atoms with Crippen LogP contribution in [0.25, 0.3) is 11.1 Å². The number of ether oxygens (including phenoxy) is 2. The first-order chi connectivity index (χ1) is 24.1. The number of methoxy groups -OCH3 is 1. The number of amides is 1. The number of para-hydroxylation sites is 1. The molecule has 5 rings (SSSR count). The molecule has 1 atom stereocenters. The van der Waals surface area contributed by atoms with Gasteiger partial charge in [0.1, 0.15) is 11.6 Å². The minimum absolute atomic E-state index is 0.185. The lowest BCUT2D eigenvalue weighted by atomic mass is 9.81. The molecule has 1 amide bonds. The van der Waals surface area contributed by atoms with Crippen LogP contribution in [-0.4, -0.2) is 52.7 Å². The molecule has 51 heavy (non-hydrogen) atoms. The number of carbonyl (C=O) groups excluding carboxylic acids is 1. The molecular weight excluding hydrogens is 645 g/mol. The highest BCUT2D eigenvalue weighted by Gasteiger charge is 2.36. The molecule has 4 aromatic rings. The number of piperidine rings is 1. The summed E-state index contributed by atoms with van der Waals surface area (Å²) in [7, 11) is 1.54. The Kier molecular flexibility index (Phi) is 11.2. The number of halogens is 1. The fraction of sp³-hybridized carbons (Fsp3) is 0.405. The van der Waals surface area contributed by atoms with E-state index in [4.69, 9.17) is 14.5 Å². The van der Waals surface area contributed by atoms with Gasteiger partial charge in [-0.3, -0.25) is 9.78 Å². The molecule has 1 unspecified atom stereocenters. The van der Waals surface area contributed by atoms with Gasteiger partial charge < -0.3 is 24.4 Å². The van der Waals surface area contributed by atoms with Crippen LogP contribution in [0, 0.1) is 25.1 Å². The Hall–Kier alpha value is -4.76. The molecule has 0 aliphatic carbocycles. The Morgan fingerprint density at radius 2 is 1.49 bits per heavy atom. The zero-order valence-electron chi connectivity index (χ0n) is 31.0. The molecular formula is C42H50FN3O5. The van der Waals surface area contributed by atoms with Crippen molar-refractivity contribution in [2.45, 2.75) is 86.1 Å². The number of aryl methyl sites for hydroxylation is 2. The zero-order chi connectivity index (χ0) is 37.1. The fourth-order valence-electron chi connectivity index (χ4n) is 6.75. The molecule has 2 heterocycles. The molecule has 0 saturated carbocycles. The summed E-state index contributed by atoms with van der Waals surface area (Å²) >= 11 is 0. The van der Waals surface area contributed by atoms with E-state index in [9.17, 15) is 19.1 Å². The molecule has 0 radical (unpaired) electrons. The van der Waals surface area contributed by atoms with Crippen molar-refractivity contribution in [1.82, 2.24) is 9.88 Å². The molecule has 1 saturated heterocycles.